The molecule has 4 heterocycles. The highest BCUT2D eigenvalue weighted by Gasteiger charge is 2.49. The van der Waals surface area contributed by atoms with Gasteiger partial charge in [0.2, 0.25) is 0 Å². The number of carbonyl (C=O) groups excluding carboxylic acids is 1. The van der Waals surface area contributed by atoms with Crippen LogP contribution >= 0.6 is 11.3 Å². The van der Waals surface area contributed by atoms with Crippen molar-refractivity contribution in [3.8, 4) is 0 Å². The normalized spacial score (nSPS) is 25.9. The maximum atomic E-state index is 12.5. The van der Waals surface area contributed by atoms with Gasteiger partial charge in [0.15, 0.2) is 5.13 Å². The molecule has 0 saturated carbocycles. The van der Waals surface area contributed by atoms with Gasteiger partial charge in [-0.15, -0.1) is 0 Å². The lowest BCUT2D eigenvalue weighted by molar-refractivity contribution is -0.150. The van der Waals surface area contributed by atoms with Gasteiger partial charge >= 0.3 is 5.97 Å². The van der Waals surface area contributed by atoms with Crippen LogP contribution in [0.15, 0.2) is 24.3 Å². The highest BCUT2D eigenvalue weighted by atomic mass is 32.1. The average molecular weight is 401 g/mol. The molecule has 1 unspecified atom stereocenters. The van der Waals surface area contributed by atoms with Gasteiger partial charge in [0.05, 0.1) is 15.6 Å². The van der Waals surface area contributed by atoms with Crippen LogP contribution in [0.1, 0.15) is 25.7 Å². The molecule has 0 radical (unpaired) electrons. The predicted octanol–water partition coefficient (Wildman–Crippen LogP) is 2.49. The lowest BCUT2D eigenvalue weighted by atomic mass is 9.76. The second-order valence-electron chi connectivity index (χ2n) is 8.37. The number of esters is 1. The van der Waals surface area contributed by atoms with E-state index >= 15 is 0 Å². The monoisotopic (exact) mass is 400 g/mol. The lowest BCUT2D eigenvalue weighted by Gasteiger charge is -2.29. The molecule has 1 atom stereocenters. The molecule has 6 nitrogen and oxygen atoms in total. The summed E-state index contributed by atoms with van der Waals surface area (Å²) in [5.41, 5.74) is 0.878. The highest BCUT2D eigenvalue weighted by Crippen LogP contribution is 2.41. The number of nitrogens with one attached hydrogen (secondary N) is 1. The minimum absolute atomic E-state index is 0.0462. The highest BCUT2D eigenvalue weighted by molar-refractivity contribution is 7.22. The van der Waals surface area contributed by atoms with Crippen LogP contribution in [0.3, 0.4) is 0 Å². The van der Waals surface area contributed by atoms with E-state index in [0.717, 1.165) is 82.1 Å². The molecule has 0 aliphatic carbocycles. The standard InChI is InChI=1S/C21H28N4O2S/c26-19-21(6-8-22-9-7-21)14-16(27-19)15-24-10-3-11-25(13-12-24)20-23-17-4-1-2-5-18(17)28-20/h1-2,4-5,16,22H,3,6-15H2. The first-order chi connectivity index (χ1) is 13.7. The van der Waals surface area contributed by atoms with Crippen molar-refractivity contribution in [1.29, 1.82) is 0 Å². The Bertz CT molecular complexity index is 815. The summed E-state index contributed by atoms with van der Waals surface area (Å²) in [6, 6.07) is 8.36. The molecule has 3 saturated heterocycles. The zero-order valence-corrected chi connectivity index (χ0v) is 17.0. The number of carbonyl (C=O) groups is 1. The number of rotatable bonds is 3. The van der Waals surface area contributed by atoms with Crippen molar-refractivity contribution in [2.24, 2.45) is 5.41 Å². The van der Waals surface area contributed by atoms with Crippen molar-refractivity contribution >= 4 is 32.7 Å². The summed E-state index contributed by atoms with van der Waals surface area (Å²) >= 11 is 1.78. The van der Waals surface area contributed by atoms with E-state index in [1.807, 2.05) is 6.07 Å². The van der Waals surface area contributed by atoms with Gasteiger partial charge in [0.25, 0.3) is 0 Å². The fourth-order valence-corrected chi connectivity index (χ4v) is 5.90. The predicted molar refractivity (Wildman–Crippen MR) is 112 cm³/mol. The largest absolute Gasteiger partial charge is 0.461 e. The number of ether oxygens (including phenoxy) is 1. The lowest BCUT2D eigenvalue weighted by Crippen LogP contribution is -2.40. The van der Waals surface area contributed by atoms with Gasteiger partial charge < -0.3 is 15.0 Å². The van der Waals surface area contributed by atoms with Crippen LogP contribution in [-0.2, 0) is 9.53 Å². The first kappa shape index (κ1) is 18.3. The topological polar surface area (TPSA) is 57.7 Å². The number of aromatic nitrogens is 1. The molecule has 3 fully saturated rings. The van der Waals surface area contributed by atoms with Crippen LogP contribution in [0.25, 0.3) is 10.2 Å². The summed E-state index contributed by atoms with van der Waals surface area (Å²) in [5, 5.41) is 4.49. The number of nitrogens with zero attached hydrogens (tertiary/aromatic N) is 3. The van der Waals surface area contributed by atoms with Gasteiger partial charge in [0, 0.05) is 39.1 Å². The third kappa shape index (κ3) is 3.51. The summed E-state index contributed by atoms with van der Waals surface area (Å²) in [6.07, 6.45) is 3.91. The molecule has 2 aromatic rings. The molecule has 1 aromatic heterocycles. The second kappa shape index (κ2) is 7.61. The maximum absolute atomic E-state index is 12.5. The molecular formula is C21H28N4O2S. The van der Waals surface area contributed by atoms with E-state index in [0.29, 0.717) is 0 Å². The fraction of sp³-hybridized carbons (Fsp3) is 0.619. The minimum Gasteiger partial charge on any atom is -0.461 e. The van der Waals surface area contributed by atoms with Crippen molar-refractivity contribution < 1.29 is 9.53 Å². The van der Waals surface area contributed by atoms with E-state index in [2.05, 4.69) is 33.3 Å². The van der Waals surface area contributed by atoms with E-state index in [1.54, 1.807) is 11.3 Å². The number of cyclic esters (lactones) is 1. The number of hydrogen-bond acceptors (Lipinski definition) is 7. The van der Waals surface area contributed by atoms with Gasteiger partial charge in [-0.05, 0) is 44.5 Å². The quantitative estimate of drug-likeness (QED) is 0.799. The van der Waals surface area contributed by atoms with Crippen LogP contribution < -0.4 is 10.2 Å². The Kier molecular flexibility index (Phi) is 4.99. The van der Waals surface area contributed by atoms with Crippen molar-refractivity contribution in [3.05, 3.63) is 24.3 Å². The van der Waals surface area contributed by atoms with Crippen molar-refractivity contribution in [3.63, 3.8) is 0 Å². The molecule has 7 heteroatoms. The molecule has 3 aliphatic heterocycles. The van der Waals surface area contributed by atoms with Crippen LogP contribution in [0.5, 0.6) is 0 Å². The Balaban J connectivity index is 1.20. The van der Waals surface area contributed by atoms with Gasteiger partial charge in [0.1, 0.15) is 6.10 Å². The zero-order valence-electron chi connectivity index (χ0n) is 16.2. The number of piperidine rings is 1. The van der Waals surface area contributed by atoms with Gasteiger partial charge in [-0.25, -0.2) is 4.98 Å². The van der Waals surface area contributed by atoms with Gasteiger partial charge in [-0.2, -0.15) is 0 Å². The molecule has 150 valence electrons. The Hall–Kier alpha value is -1.70. The molecule has 3 aliphatic rings. The summed E-state index contributed by atoms with van der Waals surface area (Å²) in [6.45, 7) is 6.81. The third-order valence-electron chi connectivity index (χ3n) is 6.49. The molecular weight excluding hydrogens is 372 g/mol. The molecule has 1 spiro atoms. The van der Waals surface area contributed by atoms with Crippen molar-refractivity contribution in [2.75, 3.05) is 50.7 Å². The summed E-state index contributed by atoms with van der Waals surface area (Å²) in [5.74, 6) is 0.0462. The van der Waals surface area contributed by atoms with E-state index < -0.39 is 0 Å². The summed E-state index contributed by atoms with van der Waals surface area (Å²) in [7, 11) is 0. The Labute approximate surface area is 169 Å². The molecule has 5 rings (SSSR count). The number of benzene rings is 1. The number of para-hydroxylation sites is 1. The number of thiazole rings is 1. The smallest absolute Gasteiger partial charge is 0.312 e. The second-order valence-corrected chi connectivity index (χ2v) is 9.38. The van der Waals surface area contributed by atoms with Crippen molar-refractivity contribution in [1.82, 2.24) is 15.2 Å². The number of hydrogen-bond donors (Lipinski definition) is 1. The van der Waals surface area contributed by atoms with Crippen LogP contribution in [0.2, 0.25) is 0 Å². The van der Waals surface area contributed by atoms with Gasteiger partial charge in [-0.1, -0.05) is 23.5 Å². The third-order valence-corrected chi connectivity index (χ3v) is 7.59. The summed E-state index contributed by atoms with van der Waals surface area (Å²) < 4.78 is 7.07. The maximum Gasteiger partial charge on any atom is 0.312 e. The molecule has 0 amide bonds. The van der Waals surface area contributed by atoms with E-state index in [9.17, 15) is 4.79 Å². The van der Waals surface area contributed by atoms with Crippen LogP contribution in [-0.4, -0.2) is 67.8 Å². The number of fused-ring (bicyclic) bond motifs is 1. The molecule has 0 bridgehead atoms. The molecule has 1 aromatic carbocycles. The zero-order chi connectivity index (χ0) is 19.0. The van der Waals surface area contributed by atoms with Crippen LogP contribution in [0.4, 0.5) is 5.13 Å². The Morgan fingerprint density at radius 2 is 2.04 bits per heavy atom. The SMILES string of the molecule is O=C1OC(CN2CCCN(c3nc4ccccc4s3)CC2)CC12CCNCC2. The average Bonchev–Trinajstić information content (AvgIpc) is 3.16. The Morgan fingerprint density at radius 3 is 2.89 bits per heavy atom. The number of anilines is 1. The Morgan fingerprint density at radius 1 is 1.18 bits per heavy atom. The van der Waals surface area contributed by atoms with Gasteiger partial charge in [-0.3, -0.25) is 9.69 Å². The van der Waals surface area contributed by atoms with E-state index in [4.69, 9.17) is 9.72 Å². The van der Waals surface area contributed by atoms with E-state index in [-0.39, 0.29) is 17.5 Å². The first-order valence-corrected chi connectivity index (χ1v) is 11.3. The minimum atomic E-state index is -0.213. The summed E-state index contributed by atoms with van der Waals surface area (Å²) in [4.78, 5) is 22.2. The van der Waals surface area contributed by atoms with E-state index in [1.165, 1.54) is 4.70 Å². The van der Waals surface area contributed by atoms with Crippen molar-refractivity contribution in [2.45, 2.75) is 31.8 Å². The van der Waals surface area contributed by atoms with Crippen LogP contribution in [0, 0.1) is 5.41 Å². The first-order valence-electron chi connectivity index (χ1n) is 10.5. The molecule has 28 heavy (non-hydrogen) atoms. The molecule has 1 N–H and O–H groups in total. The fourth-order valence-electron chi connectivity index (χ4n) is 4.88.